The first-order chi connectivity index (χ1) is 5.78. The molecule has 1 aliphatic carbocycles. The monoisotopic (exact) mass is 184 g/mol. The Kier molecular flexibility index (Phi) is 2.56. The number of rotatable bonds is 1. The summed E-state index contributed by atoms with van der Waals surface area (Å²) in [7, 11) is 0. The maximum Gasteiger partial charge on any atom is 0.0809 e. The van der Waals surface area contributed by atoms with Crippen molar-refractivity contribution in [2.24, 2.45) is 5.41 Å². The van der Waals surface area contributed by atoms with E-state index in [4.69, 9.17) is 0 Å². The van der Waals surface area contributed by atoms with Gasteiger partial charge in [-0.25, -0.2) is 0 Å². The lowest BCUT2D eigenvalue weighted by atomic mass is 9.69. The molecule has 13 heavy (non-hydrogen) atoms. The van der Waals surface area contributed by atoms with E-state index in [2.05, 4.69) is 0 Å². The quantitative estimate of drug-likeness (QED) is 0.611. The number of hydrogen-bond donors (Lipinski definition) is 2. The van der Waals surface area contributed by atoms with Gasteiger partial charge >= 0.3 is 0 Å². The fourth-order valence-corrected chi connectivity index (χ4v) is 2.35. The molecule has 0 fully saturated rings. The van der Waals surface area contributed by atoms with Crippen LogP contribution in [0.3, 0.4) is 0 Å². The second-order valence-corrected chi connectivity index (χ2v) is 5.00. The summed E-state index contributed by atoms with van der Waals surface area (Å²) in [5, 5.41) is 19.9. The highest BCUT2D eigenvalue weighted by Gasteiger charge is 2.40. The Morgan fingerprint density at radius 2 is 2.00 bits per heavy atom. The van der Waals surface area contributed by atoms with Crippen molar-refractivity contribution in [1.82, 2.24) is 0 Å². The van der Waals surface area contributed by atoms with Gasteiger partial charge in [0.1, 0.15) is 0 Å². The molecule has 1 rings (SSSR count). The number of aliphatic hydroxyl groups excluding tert-OH is 1. The molecule has 0 radical (unpaired) electrons. The van der Waals surface area contributed by atoms with Crippen molar-refractivity contribution in [1.29, 1.82) is 0 Å². The molecule has 0 bridgehead atoms. The van der Waals surface area contributed by atoms with Gasteiger partial charge in [-0.05, 0) is 30.8 Å². The molecule has 1 aliphatic rings. The third kappa shape index (κ3) is 2.12. The van der Waals surface area contributed by atoms with Crippen LogP contribution in [-0.2, 0) is 0 Å². The molecule has 0 saturated heterocycles. The smallest absolute Gasteiger partial charge is 0.0809 e. The molecule has 2 atom stereocenters. The third-order valence-corrected chi connectivity index (χ3v) is 2.81. The normalized spacial score (nSPS) is 38.6. The molecule has 2 unspecified atom stereocenters. The van der Waals surface area contributed by atoms with Crippen LogP contribution in [0.1, 0.15) is 40.5 Å². The van der Waals surface area contributed by atoms with Crippen LogP contribution in [-0.4, -0.2) is 21.9 Å². The predicted molar refractivity (Wildman–Crippen MR) is 53.4 cm³/mol. The minimum atomic E-state index is -0.756. The summed E-state index contributed by atoms with van der Waals surface area (Å²) < 4.78 is 0. The van der Waals surface area contributed by atoms with Gasteiger partial charge in [0.2, 0.25) is 0 Å². The molecule has 2 heteroatoms. The van der Waals surface area contributed by atoms with Crippen LogP contribution in [0.5, 0.6) is 0 Å². The average Bonchev–Trinajstić information content (AvgIpc) is 1.95. The van der Waals surface area contributed by atoms with Crippen LogP contribution in [0.2, 0.25) is 0 Å². The van der Waals surface area contributed by atoms with E-state index in [1.165, 1.54) is 0 Å². The highest BCUT2D eigenvalue weighted by molar-refractivity contribution is 5.22. The molecule has 2 nitrogen and oxygen atoms in total. The maximum atomic E-state index is 9.95. The van der Waals surface area contributed by atoms with Crippen molar-refractivity contribution in [3.05, 3.63) is 11.6 Å². The number of hydrogen-bond acceptors (Lipinski definition) is 2. The molecule has 0 aromatic heterocycles. The molecule has 0 saturated carbocycles. The Morgan fingerprint density at radius 3 is 2.46 bits per heavy atom. The van der Waals surface area contributed by atoms with Gasteiger partial charge in [0.25, 0.3) is 0 Å². The SMILES string of the molecule is CCC1=CC(C)(O)CC(C)(C)C1O. The minimum Gasteiger partial charge on any atom is -0.388 e. The molecule has 0 aliphatic heterocycles. The van der Waals surface area contributed by atoms with E-state index >= 15 is 0 Å². The van der Waals surface area contributed by atoms with E-state index in [1.54, 1.807) is 6.92 Å². The maximum absolute atomic E-state index is 9.95. The lowest BCUT2D eigenvalue weighted by molar-refractivity contribution is -0.0167. The van der Waals surface area contributed by atoms with Crippen LogP contribution in [0, 0.1) is 5.41 Å². The zero-order valence-corrected chi connectivity index (χ0v) is 8.96. The van der Waals surface area contributed by atoms with Crippen molar-refractivity contribution in [3.8, 4) is 0 Å². The van der Waals surface area contributed by atoms with Gasteiger partial charge in [0, 0.05) is 0 Å². The Hall–Kier alpha value is -0.340. The van der Waals surface area contributed by atoms with Gasteiger partial charge in [-0.2, -0.15) is 0 Å². The first-order valence-corrected chi connectivity index (χ1v) is 4.90. The summed E-state index contributed by atoms with van der Waals surface area (Å²) in [6, 6.07) is 0. The van der Waals surface area contributed by atoms with E-state index in [0.717, 1.165) is 12.0 Å². The van der Waals surface area contributed by atoms with Gasteiger partial charge in [-0.1, -0.05) is 26.8 Å². The molecule has 0 amide bonds. The lowest BCUT2D eigenvalue weighted by Gasteiger charge is -2.42. The van der Waals surface area contributed by atoms with Gasteiger partial charge in [0.05, 0.1) is 11.7 Å². The van der Waals surface area contributed by atoms with Gasteiger partial charge in [-0.3, -0.25) is 0 Å². The van der Waals surface area contributed by atoms with Crippen LogP contribution in [0.4, 0.5) is 0 Å². The van der Waals surface area contributed by atoms with Crippen molar-refractivity contribution in [2.75, 3.05) is 0 Å². The third-order valence-electron chi connectivity index (χ3n) is 2.81. The zero-order chi connectivity index (χ0) is 10.3. The van der Waals surface area contributed by atoms with Gasteiger partial charge in [-0.15, -0.1) is 0 Å². The standard InChI is InChI=1S/C11H20O2/c1-5-8-6-11(4,13)7-10(2,3)9(8)12/h6,9,12-13H,5,7H2,1-4H3. The Balaban J connectivity index is 3.02. The molecule has 0 heterocycles. The summed E-state index contributed by atoms with van der Waals surface area (Å²) >= 11 is 0. The van der Waals surface area contributed by atoms with Crippen LogP contribution < -0.4 is 0 Å². The van der Waals surface area contributed by atoms with E-state index < -0.39 is 11.7 Å². The van der Waals surface area contributed by atoms with Crippen molar-refractivity contribution < 1.29 is 10.2 Å². The second-order valence-electron chi connectivity index (χ2n) is 5.00. The molecule has 76 valence electrons. The fraction of sp³-hybridized carbons (Fsp3) is 0.818. The molecular formula is C11H20O2. The van der Waals surface area contributed by atoms with Crippen LogP contribution in [0.15, 0.2) is 11.6 Å². The molecule has 2 N–H and O–H groups in total. The molecule has 0 spiro atoms. The van der Waals surface area contributed by atoms with E-state index in [0.29, 0.717) is 6.42 Å². The summed E-state index contributed by atoms with van der Waals surface area (Å²) in [4.78, 5) is 0. The summed E-state index contributed by atoms with van der Waals surface area (Å²) in [6.45, 7) is 7.80. The summed E-state index contributed by atoms with van der Waals surface area (Å²) in [5.41, 5.74) is -0.0150. The van der Waals surface area contributed by atoms with Crippen molar-refractivity contribution in [2.45, 2.75) is 52.2 Å². The average molecular weight is 184 g/mol. The zero-order valence-electron chi connectivity index (χ0n) is 8.96. The van der Waals surface area contributed by atoms with Crippen molar-refractivity contribution >= 4 is 0 Å². The van der Waals surface area contributed by atoms with Crippen molar-refractivity contribution in [3.63, 3.8) is 0 Å². The van der Waals surface area contributed by atoms with Gasteiger partial charge < -0.3 is 10.2 Å². The topological polar surface area (TPSA) is 40.5 Å². The van der Waals surface area contributed by atoms with E-state index in [1.807, 2.05) is 26.8 Å². The minimum absolute atomic E-state index is 0.219. The highest BCUT2D eigenvalue weighted by atomic mass is 16.3. The summed E-state index contributed by atoms with van der Waals surface area (Å²) in [5.74, 6) is 0. The Morgan fingerprint density at radius 1 is 1.46 bits per heavy atom. The molecule has 0 aromatic rings. The largest absolute Gasteiger partial charge is 0.388 e. The van der Waals surface area contributed by atoms with E-state index in [9.17, 15) is 10.2 Å². The van der Waals surface area contributed by atoms with Gasteiger partial charge in [0.15, 0.2) is 0 Å². The fourth-order valence-electron chi connectivity index (χ4n) is 2.35. The second kappa shape index (κ2) is 3.10. The highest BCUT2D eigenvalue weighted by Crippen LogP contribution is 2.41. The predicted octanol–water partition coefficient (Wildman–Crippen LogP) is 1.86. The summed E-state index contributed by atoms with van der Waals surface area (Å²) in [6.07, 6.45) is 2.83. The van der Waals surface area contributed by atoms with Crippen LogP contribution >= 0.6 is 0 Å². The molecule has 0 aromatic carbocycles. The Bertz CT molecular complexity index is 226. The first kappa shape index (κ1) is 10.7. The first-order valence-electron chi connectivity index (χ1n) is 4.90. The van der Waals surface area contributed by atoms with Crippen LogP contribution in [0.25, 0.3) is 0 Å². The number of aliphatic hydroxyl groups is 2. The Labute approximate surface area is 80.3 Å². The lowest BCUT2D eigenvalue weighted by Crippen LogP contribution is -2.43. The van der Waals surface area contributed by atoms with E-state index in [-0.39, 0.29) is 5.41 Å². The molecular weight excluding hydrogens is 164 g/mol.